The fourth-order valence-electron chi connectivity index (χ4n) is 2.65. The van der Waals surface area contributed by atoms with Gasteiger partial charge in [0.05, 0.1) is 0 Å². The molecule has 3 aromatic rings. The Morgan fingerprint density at radius 1 is 1.03 bits per heavy atom. The predicted molar refractivity (Wildman–Crippen MR) is 101 cm³/mol. The van der Waals surface area contributed by atoms with Crippen molar-refractivity contribution in [1.82, 2.24) is 19.9 Å². The maximum absolute atomic E-state index is 14.2. The highest BCUT2D eigenvalue weighted by atomic mass is 19.4. The predicted octanol–water partition coefficient (Wildman–Crippen LogP) is 4.37. The molecule has 152 valence electrons. The molecule has 0 atom stereocenters. The van der Waals surface area contributed by atoms with E-state index in [-0.39, 0.29) is 29.7 Å². The highest BCUT2D eigenvalue weighted by molar-refractivity contribution is 5.53. The third-order valence-corrected chi connectivity index (χ3v) is 3.99. The topological polar surface area (TPSA) is 53.9 Å². The van der Waals surface area contributed by atoms with E-state index in [1.54, 1.807) is 24.3 Å². The second kappa shape index (κ2) is 8.52. The zero-order valence-corrected chi connectivity index (χ0v) is 15.8. The van der Waals surface area contributed by atoms with Gasteiger partial charge in [-0.15, -0.1) is 0 Å². The molecule has 2 aromatic heterocycles. The Kier molecular flexibility index (Phi) is 6.07. The molecule has 0 aliphatic heterocycles. The first-order valence-electron chi connectivity index (χ1n) is 8.76. The normalized spacial score (nSPS) is 11.7. The molecule has 0 spiro atoms. The van der Waals surface area contributed by atoms with Gasteiger partial charge in [-0.1, -0.05) is 18.2 Å². The molecule has 0 aliphatic rings. The molecule has 2 heterocycles. The first kappa shape index (κ1) is 20.7. The summed E-state index contributed by atoms with van der Waals surface area (Å²) in [5, 5.41) is 2.82. The van der Waals surface area contributed by atoms with Gasteiger partial charge in [-0.05, 0) is 37.9 Å². The minimum absolute atomic E-state index is 0.0224. The summed E-state index contributed by atoms with van der Waals surface area (Å²) in [6, 6.07) is 10.4. The molecule has 0 bridgehead atoms. The lowest BCUT2D eigenvalue weighted by atomic mass is 10.1. The van der Waals surface area contributed by atoms with Crippen LogP contribution in [0.1, 0.15) is 16.8 Å². The number of pyridine rings is 1. The number of nitrogens with zero attached hydrogens (tertiary/aromatic N) is 4. The third kappa shape index (κ3) is 5.47. The highest BCUT2D eigenvalue weighted by Crippen LogP contribution is 2.30. The Labute approximate surface area is 165 Å². The number of hydrogen-bond donors (Lipinski definition) is 1. The maximum atomic E-state index is 14.2. The summed E-state index contributed by atoms with van der Waals surface area (Å²) in [6.45, 7) is 0.558. The number of rotatable bonds is 6. The van der Waals surface area contributed by atoms with Gasteiger partial charge in [0.1, 0.15) is 17.3 Å². The number of alkyl halides is 3. The average molecular weight is 405 g/mol. The van der Waals surface area contributed by atoms with Crippen LogP contribution >= 0.6 is 0 Å². The average Bonchev–Trinajstić information content (AvgIpc) is 2.68. The summed E-state index contributed by atoms with van der Waals surface area (Å²) in [5.74, 6) is -0.535. The van der Waals surface area contributed by atoms with Gasteiger partial charge in [0.25, 0.3) is 0 Å². The lowest BCUT2D eigenvalue weighted by Gasteiger charge is -2.13. The van der Waals surface area contributed by atoms with E-state index in [1.165, 1.54) is 18.3 Å². The van der Waals surface area contributed by atoms with Crippen LogP contribution in [0.15, 0.2) is 48.7 Å². The first-order chi connectivity index (χ1) is 13.7. The molecule has 0 radical (unpaired) electrons. The van der Waals surface area contributed by atoms with Crippen molar-refractivity contribution in [3.8, 4) is 11.5 Å². The molecule has 29 heavy (non-hydrogen) atoms. The van der Waals surface area contributed by atoms with Gasteiger partial charge < -0.3 is 10.2 Å². The van der Waals surface area contributed by atoms with Gasteiger partial charge in [0.15, 0.2) is 11.5 Å². The summed E-state index contributed by atoms with van der Waals surface area (Å²) >= 11 is 0. The molecular weight excluding hydrogens is 386 g/mol. The van der Waals surface area contributed by atoms with Crippen LogP contribution in [-0.2, 0) is 19.3 Å². The molecule has 0 unspecified atom stereocenters. The standard InChI is InChI=1S/C20H19F4N5/c1-29(2)12-14-7-6-13(9-15(14)21)11-26-18-10-17(20(22,23)24)27-19(28-18)16-5-3-4-8-25-16/h3-10H,11-12H2,1-2H3,(H,26,27,28). The van der Waals surface area contributed by atoms with Crippen molar-refractivity contribution < 1.29 is 17.6 Å². The highest BCUT2D eigenvalue weighted by Gasteiger charge is 2.34. The molecular formula is C20H19F4N5. The molecule has 9 heteroatoms. The van der Waals surface area contributed by atoms with Crippen molar-refractivity contribution in [2.45, 2.75) is 19.3 Å². The molecule has 0 saturated carbocycles. The monoisotopic (exact) mass is 405 g/mol. The SMILES string of the molecule is CN(C)Cc1ccc(CNc2cc(C(F)(F)F)nc(-c3ccccn3)n2)cc1F. The second-order valence-corrected chi connectivity index (χ2v) is 6.69. The van der Waals surface area contributed by atoms with Crippen molar-refractivity contribution in [3.63, 3.8) is 0 Å². The first-order valence-corrected chi connectivity index (χ1v) is 8.76. The zero-order valence-electron chi connectivity index (χ0n) is 15.8. The minimum Gasteiger partial charge on any atom is -0.366 e. The molecule has 1 N–H and O–H groups in total. The lowest BCUT2D eigenvalue weighted by molar-refractivity contribution is -0.141. The number of halogens is 4. The number of nitrogens with one attached hydrogen (secondary N) is 1. The molecule has 1 aromatic carbocycles. The Morgan fingerprint density at radius 3 is 2.45 bits per heavy atom. The molecule has 0 amide bonds. The van der Waals surface area contributed by atoms with E-state index in [9.17, 15) is 17.6 Å². The van der Waals surface area contributed by atoms with Crippen LogP contribution in [0.5, 0.6) is 0 Å². The van der Waals surface area contributed by atoms with E-state index in [0.717, 1.165) is 6.07 Å². The van der Waals surface area contributed by atoms with Crippen LogP contribution in [0, 0.1) is 5.82 Å². The minimum atomic E-state index is -4.64. The molecule has 0 saturated heterocycles. The van der Waals surface area contributed by atoms with E-state index in [0.29, 0.717) is 17.7 Å². The number of anilines is 1. The Morgan fingerprint density at radius 2 is 1.83 bits per heavy atom. The fraction of sp³-hybridized carbons (Fsp3) is 0.250. The van der Waals surface area contributed by atoms with Crippen molar-refractivity contribution in [2.75, 3.05) is 19.4 Å². The van der Waals surface area contributed by atoms with Crippen molar-refractivity contribution in [3.05, 3.63) is 71.3 Å². The summed E-state index contributed by atoms with van der Waals surface area (Å²) < 4.78 is 53.9. The van der Waals surface area contributed by atoms with Crippen molar-refractivity contribution in [1.29, 1.82) is 0 Å². The van der Waals surface area contributed by atoms with Crippen LogP contribution < -0.4 is 5.32 Å². The van der Waals surface area contributed by atoms with Crippen LogP contribution in [0.2, 0.25) is 0 Å². The van der Waals surface area contributed by atoms with E-state index < -0.39 is 11.9 Å². The molecule has 5 nitrogen and oxygen atoms in total. The number of hydrogen-bond acceptors (Lipinski definition) is 5. The van der Waals surface area contributed by atoms with Crippen molar-refractivity contribution in [2.24, 2.45) is 0 Å². The van der Waals surface area contributed by atoms with Gasteiger partial charge >= 0.3 is 6.18 Å². The molecule has 3 rings (SSSR count). The molecule has 0 aliphatic carbocycles. The van der Waals surface area contributed by atoms with Gasteiger partial charge in [-0.3, -0.25) is 4.98 Å². The largest absolute Gasteiger partial charge is 0.433 e. The fourth-order valence-corrected chi connectivity index (χ4v) is 2.65. The van der Waals surface area contributed by atoms with Crippen molar-refractivity contribution >= 4 is 5.82 Å². The van der Waals surface area contributed by atoms with E-state index in [2.05, 4.69) is 20.3 Å². The number of benzene rings is 1. The van der Waals surface area contributed by atoms with E-state index in [1.807, 2.05) is 19.0 Å². The quantitative estimate of drug-likeness (QED) is 0.618. The van der Waals surface area contributed by atoms with E-state index >= 15 is 0 Å². The second-order valence-electron chi connectivity index (χ2n) is 6.69. The van der Waals surface area contributed by atoms with Crippen LogP contribution in [-0.4, -0.2) is 33.9 Å². The van der Waals surface area contributed by atoms with Gasteiger partial charge in [0.2, 0.25) is 0 Å². The van der Waals surface area contributed by atoms with Crippen LogP contribution in [0.4, 0.5) is 23.4 Å². The summed E-state index contributed by atoms with van der Waals surface area (Å²) in [4.78, 5) is 13.6. The summed E-state index contributed by atoms with van der Waals surface area (Å²) in [5.41, 5.74) is 0.262. The van der Waals surface area contributed by atoms with Gasteiger partial charge in [0, 0.05) is 30.9 Å². The smallest absolute Gasteiger partial charge is 0.366 e. The number of aromatic nitrogens is 3. The van der Waals surface area contributed by atoms with Crippen LogP contribution in [0.3, 0.4) is 0 Å². The Balaban J connectivity index is 1.84. The Hall–Kier alpha value is -3.07. The maximum Gasteiger partial charge on any atom is 0.433 e. The van der Waals surface area contributed by atoms with Crippen LogP contribution in [0.25, 0.3) is 11.5 Å². The molecule has 0 fully saturated rings. The zero-order chi connectivity index (χ0) is 21.0. The third-order valence-electron chi connectivity index (χ3n) is 3.99. The summed E-state index contributed by atoms with van der Waals surface area (Å²) in [6.07, 6.45) is -3.19. The van der Waals surface area contributed by atoms with Gasteiger partial charge in [-0.2, -0.15) is 13.2 Å². The lowest BCUT2D eigenvalue weighted by Crippen LogP contribution is -2.13. The Bertz CT molecular complexity index is 974. The van der Waals surface area contributed by atoms with Gasteiger partial charge in [-0.25, -0.2) is 14.4 Å². The van der Waals surface area contributed by atoms with E-state index in [4.69, 9.17) is 0 Å². The summed E-state index contributed by atoms with van der Waals surface area (Å²) in [7, 11) is 3.67.